The van der Waals surface area contributed by atoms with Crippen molar-refractivity contribution < 1.29 is 4.57 Å². The minimum Gasteiger partial charge on any atom is -0.302 e. The van der Waals surface area contributed by atoms with Crippen LogP contribution in [0.25, 0.3) is 0 Å². The average molecular weight is 153 g/mol. The first kappa shape index (κ1) is 7.98. The van der Waals surface area contributed by atoms with Crippen molar-refractivity contribution in [3.05, 3.63) is 28.9 Å². The smallest absolute Gasteiger partial charge is 0.302 e. The van der Waals surface area contributed by atoms with Crippen LogP contribution in [0.4, 0.5) is 0 Å². The van der Waals surface area contributed by atoms with Crippen LogP contribution in [0.3, 0.4) is 0 Å². The van der Waals surface area contributed by atoms with Gasteiger partial charge in [0.05, 0.1) is 6.20 Å². The minimum atomic E-state index is 0.0463. The third kappa shape index (κ3) is 1.67. The van der Waals surface area contributed by atoms with Gasteiger partial charge in [-0.3, -0.25) is 4.79 Å². The fraction of sp³-hybridized carbons (Fsp3) is 0.500. The van der Waals surface area contributed by atoms with Crippen LogP contribution in [0.15, 0.2) is 23.4 Å². The molecule has 0 saturated carbocycles. The Hall–Kier alpha value is -1.12. The van der Waals surface area contributed by atoms with E-state index in [1.165, 1.54) is 0 Å². The molecule has 1 heterocycles. The Kier molecular flexibility index (Phi) is 2.08. The highest BCUT2D eigenvalue weighted by Gasteiger charge is 2.02. The molecular weight excluding hydrogens is 140 g/mol. The zero-order chi connectivity index (χ0) is 8.43. The zero-order valence-corrected chi connectivity index (χ0v) is 7.11. The molecule has 3 nitrogen and oxygen atoms in total. The maximum absolute atomic E-state index is 11.2. The maximum Gasteiger partial charge on any atom is 0.315 e. The van der Waals surface area contributed by atoms with Gasteiger partial charge < -0.3 is 4.57 Å². The summed E-state index contributed by atoms with van der Waals surface area (Å²) < 4.78 is 3.45. The molecule has 1 rings (SSSR count). The Labute approximate surface area is 65.9 Å². The van der Waals surface area contributed by atoms with E-state index in [0.29, 0.717) is 0 Å². The lowest BCUT2D eigenvalue weighted by Crippen LogP contribution is -2.36. The van der Waals surface area contributed by atoms with E-state index < -0.39 is 0 Å². The summed E-state index contributed by atoms with van der Waals surface area (Å²) in [5.74, 6) is 0. The quantitative estimate of drug-likeness (QED) is 0.531. The highest BCUT2D eigenvalue weighted by molar-refractivity contribution is 4.76. The van der Waals surface area contributed by atoms with Gasteiger partial charge in [0, 0.05) is 6.04 Å². The Morgan fingerprint density at radius 1 is 1.55 bits per heavy atom. The highest BCUT2D eigenvalue weighted by atomic mass is 16.1. The Balaban J connectivity index is 3.21. The average Bonchev–Trinajstić information content (AvgIpc) is 1.85. The molecule has 0 fully saturated rings. The number of aryl methyl sites for hydroxylation is 1. The highest BCUT2D eigenvalue weighted by Crippen LogP contribution is 1.95. The first-order chi connectivity index (χ1) is 5.11. The van der Waals surface area contributed by atoms with Crippen LogP contribution in [-0.4, -0.2) is 4.57 Å². The van der Waals surface area contributed by atoms with E-state index in [1.54, 1.807) is 21.5 Å². The van der Waals surface area contributed by atoms with Gasteiger partial charge in [0.15, 0.2) is 6.20 Å². The zero-order valence-electron chi connectivity index (χ0n) is 7.11. The molecule has 0 aliphatic rings. The largest absolute Gasteiger partial charge is 0.315 e. The Bertz CT molecular complexity index is 301. The van der Waals surface area contributed by atoms with E-state index in [0.717, 1.165) is 0 Å². The summed E-state index contributed by atoms with van der Waals surface area (Å²) in [6.07, 6.45) is 5.23. The summed E-state index contributed by atoms with van der Waals surface area (Å²) >= 11 is 0. The van der Waals surface area contributed by atoms with Gasteiger partial charge in [-0.1, -0.05) is 0 Å². The van der Waals surface area contributed by atoms with Gasteiger partial charge >= 0.3 is 5.56 Å². The molecule has 60 valence electrons. The van der Waals surface area contributed by atoms with Crippen LogP contribution in [0, 0.1) is 0 Å². The van der Waals surface area contributed by atoms with E-state index in [1.807, 2.05) is 27.1 Å². The molecule has 0 unspecified atom stereocenters. The Morgan fingerprint density at radius 3 is 2.64 bits per heavy atom. The summed E-state index contributed by atoms with van der Waals surface area (Å²) in [7, 11) is 1.84. The second-order valence-corrected chi connectivity index (χ2v) is 2.93. The fourth-order valence-electron chi connectivity index (χ4n) is 0.961. The van der Waals surface area contributed by atoms with Crippen molar-refractivity contribution in [3.63, 3.8) is 0 Å². The van der Waals surface area contributed by atoms with Crippen LogP contribution in [0.5, 0.6) is 0 Å². The van der Waals surface area contributed by atoms with Crippen molar-refractivity contribution in [3.8, 4) is 0 Å². The van der Waals surface area contributed by atoms with Crippen molar-refractivity contribution in [1.82, 2.24) is 4.57 Å². The van der Waals surface area contributed by atoms with Crippen molar-refractivity contribution in [1.29, 1.82) is 0 Å². The van der Waals surface area contributed by atoms with Crippen molar-refractivity contribution in [2.24, 2.45) is 7.05 Å². The summed E-state index contributed by atoms with van der Waals surface area (Å²) in [6, 6.07) is 0.240. The lowest BCUT2D eigenvalue weighted by Gasteiger charge is -2.05. The molecule has 0 radical (unpaired) electrons. The van der Waals surface area contributed by atoms with Crippen LogP contribution in [0.1, 0.15) is 19.9 Å². The molecule has 0 bridgehead atoms. The van der Waals surface area contributed by atoms with Gasteiger partial charge in [0.1, 0.15) is 7.05 Å². The first-order valence-corrected chi connectivity index (χ1v) is 3.68. The molecule has 0 aliphatic carbocycles. The molecule has 0 amide bonds. The second kappa shape index (κ2) is 2.86. The molecule has 0 aromatic carbocycles. The standard InChI is InChI=1S/C8H13N2O/c1-7(2)10-5-4-9(3)6-8(10)11/h4-7H,1-3H3/q+1. The third-order valence-electron chi connectivity index (χ3n) is 1.59. The van der Waals surface area contributed by atoms with Crippen LogP contribution >= 0.6 is 0 Å². The summed E-state index contributed by atoms with van der Waals surface area (Å²) in [5, 5.41) is 0. The number of nitrogens with zero attached hydrogens (tertiary/aromatic N) is 2. The molecule has 0 saturated heterocycles. The van der Waals surface area contributed by atoms with Crippen molar-refractivity contribution in [2.75, 3.05) is 0 Å². The van der Waals surface area contributed by atoms with Gasteiger partial charge in [0.2, 0.25) is 6.20 Å². The SMILES string of the molecule is CC(C)n1cc[n+](C)cc1=O. The number of aromatic nitrogens is 2. The van der Waals surface area contributed by atoms with Crippen molar-refractivity contribution >= 4 is 0 Å². The molecule has 3 heteroatoms. The van der Waals surface area contributed by atoms with E-state index in [4.69, 9.17) is 0 Å². The summed E-state index contributed by atoms with van der Waals surface area (Å²) in [4.78, 5) is 11.2. The molecule has 1 aromatic rings. The Morgan fingerprint density at radius 2 is 2.18 bits per heavy atom. The number of hydrogen-bond acceptors (Lipinski definition) is 1. The third-order valence-corrected chi connectivity index (χ3v) is 1.59. The molecule has 11 heavy (non-hydrogen) atoms. The fourth-order valence-corrected chi connectivity index (χ4v) is 0.961. The van der Waals surface area contributed by atoms with Gasteiger partial charge in [0.25, 0.3) is 0 Å². The lowest BCUT2D eigenvalue weighted by molar-refractivity contribution is -0.673. The normalized spacial score (nSPS) is 10.5. The van der Waals surface area contributed by atoms with Crippen LogP contribution < -0.4 is 10.1 Å². The second-order valence-electron chi connectivity index (χ2n) is 2.93. The topological polar surface area (TPSA) is 25.9 Å². The molecule has 0 spiro atoms. The van der Waals surface area contributed by atoms with E-state index in [-0.39, 0.29) is 11.6 Å². The molecular formula is C8H13N2O+. The van der Waals surface area contributed by atoms with Gasteiger partial charge in [-0.25, -0.2) is 4.57 Å². The van der Waals surface area contributed by atoms with Crippen LogP contribution in [-0.2, 0) is 7.05 Å². The molecule has 0 atom stereocenters. The van der Waals surface area contributed by atoms with Gasteiger partial charge in [-0.05, 0) is 13.8 Å². The number of rotatable bonds is 1. The lowest BCUT2D eigenvalue weighted by atomic mass is 10.4. The first-order valence-electron chi connectivity index (χ1n) is 3.68. The summed E-state index contributed by atoms with van der Waals surface area (Å²) in [5.41, 5.74) is 0.0463. The van der Waals surface area contributed by atoms with Crippen LogP contribution in [0.2, 0.25) is 0 Å². The predicted octanol–water partition coefficient (Wildman–Crippen LogP) is 0.254. The van der Waals surface area contributed by atoms with E-state index in [2.05, 4.69) is 0 Å². The monoisotopic (exact) mass is 153 g/mol. The molecule has 0 aliphatic heterocycles. The van der Waals surface area contributed by atoms with E-state index in [9.17, 15) is 4.79 Å². The molecule has 0 N–H and O–H groups in total. The summed E-state index contributed by atoms with van der Waals surface area (Å²) in [6.45, 7) is 3.98. The van der Waals surface area contributed by atoms with Crippen molar-refractivity contribution in [2.45, 2.75) is 19.9 Å². The maximum atomic E-state index is 11.2. The van der Waals surface area contributed by atoms with Gasteiger partial charge in [-0.2, -0.15) is 0 Å². The minimum absolute atomic E-state index is 0.0463. The molecule has 1 aromatic heterocycles. The number of hydrogen-bond donors (Lipinski definition) is 0. The predicted molar refractivity (Wildman–Crippen MR) is 42.3 cm³/mol. The van der Waals surface area contributed by atoms with E-state index >= 15 is 0 Å². The van der Waals surface area contributed by atoms with Gasteiger partial charge in [-0.15, -0.1) is 0 Å².